The maximum Gasteiger partial charge on any atom is 0.307 e. The highest BCUT2D eigenvalue weighted by molar-refractivity contribution is 5.69. The number of rotatable bonds is 3. The van der Waals surface area contributed by atoms with Crippen LogP contribution in [0.2, 0.25) is 0 Å². The van der Waals surface area contributed by atoms with Crippen LogP contribution in [-0.2, 0) is 31.8 Å². The molecule has 6 heteroatoms. The first-order valence-corrected chi connectivity index (χ1v) is 6.76. The Kier molecular flexibility index (Phi) is 3.16. The van der Waals surface area contributed by atoms with Crippen molar-refractivity contribution >= 4 is 5.97 Å². The molecule has 1 unspecified atom stereocenters. The highest BCUT2D eigenvalue weighted by Gasteiger charge is 2.40. The molecule has 2 aliphatic rings. The zero-order valence-corrected chi connectivity index (χ0v) is 11.7. The molecular formula is C14H18N2O4. The quantitative estimate of drug-likeness (QED) is 0.788. The van der Waals surface area contributed by atoms with Crippen molar-refractivity contribution in [1.82, 2.24) is 9.78 Å². The Balaban J connectivity index is 1.75. The Bertz CT molecular complexity index is 541. The molecule has 2 heterocycles. The predicted molar refractivity (Wildman–Crippen MR) is 69.6 cm³/mol. The molecule has 0 N–H and O–H groups in total. The van der Waals surface area contributed by atoms with Gasteiger partial charge >= 0.3 is 5.97 Å². The van der Waals surface area contributed by atoms with Gasteiger partial charge in [-0.1, -0.05) is 0 Å². The molecule has 1 atom stereocenters. The summed E-state index contributed by atoms with van der Waals surface area (Å²) in [6.45, 7) is 1.95. The number of ether oxygens (including phenoxy) is 3. The van der Waals surface area contributed by atoms with Gasteiger partial charge in [0.05, 0.1) is 31.7 Å². The van der Waals surface area contributed by atoms with Crippen molar-refractivity contribution in [1.29, 1.82) is 0 Å². The van der Waals surface area contributed by atoms with Crippen LogP contribution in [-0.4, -0.2) is 28.6 Å². The zero-order chi connectivity index (χ0) is 14.2. The van der Waals surface area contributed by atoms with Crippen molar-refractivity contribution in [2.75, 3.05) is 7.11 Å². The van der Waals surface area contributed by atoms with Gasteiger partial charge in [-0.3, -0.25) is 9.48 Å². The average Bonchev–Trinajstić information content (AvgIpc) is 3.05. The number of carbonyl (C=O) groups is 1. The summed E-state index contributed by atoms with van der Waals surface area (Å²) in [5.74, 6) is -0.777. The molecule has 6 nitrogen and oxygen atoms in total. The summed E-state index contributed by atoms with van der Waals surface area (Å²) >= 11 is 0. The third kappa shape index (κ3) is 2.26. The van der Waals surface area contributed by atoms with E-state index in [0.717, 1.165) is 24.1 Å². The summed E-state index contributed by atoms with van der Waals surface area (Å²) in [6.07, 6.45) is 7.76. The number of nitrogens with zero attached hydrogens (tertiary/aromatic N) is 2. The van der Waals surface area contributed by atoms with Gasteiger partial charge in [0.1, 0.15) is 12.5 Å². The Hall–Kier alpha value is -1.98. The summed E-state index contributed by atoms with van der Waals surface area (Å²) in [6, 6.07) is -0.0208. The van der Waals surface area contributed by atoms with Crippen molar-refractivity contribution < 1.29 is 19.0 Å². The lowest BCUT2D eigenvalue weighted by atomic mass is 9.92. The Morgan fingerprint density at radius 3 is 3.00 bits per heavy atom. The van der Waals surface area contributed by atoms with Crippen LogP contribution in [0, 0.1) is 0 Å². The van der Waals surface area contributed by atoms with E-state index in [1.807, 2.05) is 17.8 Å². The van der Waals surface area contributed by atoms with E-state index in [9.17, 15) is 4.79 Å². The van der Waals surface area contributed by atoms with Crippen LogP contribution in [0.1, 0.15) is 37.1 Å². The standard InChI is InChI=1S/C14H18N2O4/c1-10(7-13(17)18-2)16-9-11-8-14(19-5-6-20-14)4-3-12(11)15-16/h5-6,9-10H,3-4,7-8H2,1-2H3. The monoisotopic (exact) mass is 278 g/mol. The molecule has 0 aromatic carbocycles. The largest absolute Gasteiger partial charge is 0.469 e. The summed E-state index contributed by atoms with van der Waals surface area (Å²) in [7, 11) is 1.40. The number of hydrogen-bond acceptors (Lipinski definition) is 5. The Morgan fingerprint density at radius 2 is 2.30 bits per heavy atom. The van der Waals surface area contributed by atoms with E-state index < -0.39 is 5.79 Å². The molecule has 108 valence electrons. The zero-order valence-electron chi connectivity index (χ0n) is 11.7. The molecule has 1 aliphatic heterocycles. The van der Waals surface area contributed by atoms with Crippen LogP contribution in [0.3, 0.4) is 0 Å². The number of esters is 1. The second-order valence-electron chi connectivity index (χ2n) is 5.31. The van der Waals surface area contributed by atoms with Crippen molar-refractivity contribution in [2.24, 2.45) is 0 Å². The minimum atomic E-state index is -0.549. The van der Waals surface area contributed by atoms with Gasteiger partial charge in [0.15, 0.2) is 0 Å². The van der Waals surface area contributed by atoms with Crippen molar-refractivity contribution in [3.63, 3.8) is 0 Å². The van der Waals surface area contributed by atoms with Crippen LogP contribution < -0.4 is 0 Å². The second kappa shape index (κ2) is 4.85. The molecule has 20 heavy (non-hydrogen) atoms. The lowest BCUT2D eigenvalue weighted by molar-refractivity contribution is -0.148. The Morgan fingerprint density at radius 1 is 1.55 bits per heavy atom. The maximum atomic E-state index is 11.3. The fourth-order valence-corrected chi connectivity index (χ4v) is 2.69. The molecule has 1 aromatic heterocycles. The van der Waals surface area contributed by atoms with Crippen LogP contribution >= 0.6 is 0 Å². The van der Waals surface area contributed by atoms with Gasteiger partial charge in [0, 0.05) is 18.2 Å². The number of aryl methyl sites for hydroxylation is 1. The molecule has 0 saturated carbocycles. The normalized spacial score (nSPS) is 20.1. The third-order valence-corrected chi connectivity index (χ3v) is 3.86. The molecule has 0 amide bonds. The van der Waals surface area contributed by atoms with E-state index in [1.54, 1.807) is 12.5 Å². The lowest BCUT2D eigenvalue weighted by Crippen LogP contribution is -2.36. The van der Waals surface area contributed by atoms with E-state index >= 15 is 0 Å². The summed E-state index contributed by atoms with van der Waals surface area (Å²) in [5, 5.41) is 4.57. The van der Waals surface area contributed by atoms with Gasteiger partial charge in [0.2, 0.25) is 0 Å². The first kappa shape index (κ1) is 13.0. The number of aromatic nitrogens is 2. The van der Waals surface area contributed by atoms with E-state index in [-0.39, 0.29) is 12.0 Å². The fourth-order valence-electron chi connectivity index (χ4n) is 2.69. The van der Waals surface area contributed by atoms with Crippen molar-refractivity contribution in [2.45, 2.75) is 44.4 Å². The van der Waals surface area contributed by atoms with E-state index in [2.05, 4.69) is 5.10 Å². The molecule has 0 fully saturated rings. The summed E-state index contributed by atoms with van der Waals surface area (Å²) in [5.41, 5.74) is 2.18. The first-order chi connectivity index (χ1) is 9.62. The van der Waals surface area contributed by atoms with Crippen LogP contribution in [0.5, 0.6) is 0 Å². The van der Waals surface area contributed by atoms with Gasteiger partial charge in [-0.15, -0.1) is 0 Å². The van der Waals surface area contributed by atoms with Crippen LogP contribution in [0.25, 0.3) is 0 Å². The van der Waals surface area contributed by atoms with Crippen molar-refractivity contribution in [3.8, 4) is 0 Å². The minimum Gasteiger partial charge on any atom is -0.469 e. The maximum absolute atomic E-state index is 11.3. The van der Waals surface area contributed by atoms with Gasteiger partial charge in [-0.25, -0.2) is 0 Å². The molecule has 1 spiro atoms. The lowest BCUT2D eigenvalue weighted by Gasteiger charge is -2.30. The second-order valence-corrected chi connectivity index (χ2v) is 5.31. The fraction of sp³-hybridized carbons (Fsp3) is 0.571. The SMILES string of the molecule is COC(=O)CC(C)n1cc2c(n1)CCC1(C2)OC=CO1. The molecule has 3 rings (SSSR count). The summed E-state index contributed by atoms with van der Waals surface area (Å²) in [4.78, 5) is 11.3. The number of fused-ring (bicyclic) bond motifs is 1. The van der Waals surface area contributed by atoms with E-state index in [4.69, 9.17) is 14.2 Å². The predicted octanol–water partition coefficient (Wildman–Crippen LogP) is 1.71. The van der Waals surface area contributed by atoms with Gasteiger partial charge < -0.3 is 14.2 Å². The van der Waals surface area contributed by atoms with E-state index in [0.29, 0.717) is 12.8 Å². The van der Waals surface area contributed by atoms with Gasteiger partial charge in [0.25, 0.3) is 5.79 Å². The highest BCUT2D eigenvalue weighted by Crippen LogP contribution is 2.35. The van der Waals surface area contributed by atoms with Crippen LogP contribution in [0.4, 0.5) is 0 Å². The molecular weight excluding hydrogens is 260 g/mol. The van der Waals surface area contributed by atoms with Crippen LogP contribution in [0.15, 0.2) is 18.7 Å². The molecule has 0 bridgehead atoms. The smallest absolute Gasteiger partial charge is 0.307 e. The molecule has 1 aliphatic carbocycles. The Labute approximate surface area is 117 Å². The van der Waals surface area contributed by atoms with Crippen molar-refractivity contribution in [3.05, 3.63) is 30.0 Å². The first-order valence-electron chi connectivity index (χ1n) is 6.76. The topological polar surface area (TPSA) is 62.6 Å². The third-order valence-electron chi connectivity index (χ3n) is 3.86. The highest BCUT2D eigenvalue weighted by atomic mass is 16.7. The number of hydrogen-bond donors (Lipinski definition) is 0. The minimum absolute atomic E-state index is 0.0208. The number of methoxy groups -OCH3 is 1. The van der Waals surface area contributed by atoms with Gasteiger partial charge in [-0.05, 0) is 13.3 Å². The molecule has 0 radical (unpaired) electrons. The number of carbonyl (C=O) groups excluding carboxylic acids is 1. The summed E-state index contributed by atoms with van der Waals surface area (Å²) < 4.78 is 17.7. The average molecular weight is 278 g/mol. The van der Waals surface area contributed by atoms with Gasteiger partial charge in [-0.2, -0.15) is 5.10 Å². The van der Waals surface area contributed by atoms with E-state index in [1.165, 1.54) is 7.11 Å². The molecule has 0 saturated heterocycles. The molecule has 1 aromatic rings.